The zero-order chi connectivity index (χ0) is 18.5. The van der Waals surface area contributed by atoms with Gasteiger partial charge in [0.25, 0.3) is 0 Å². The molecule has 1 aromatic carbocycles. The molecule has 0 N–H and O–H groups in total. The molecule has 0 radical (unpaired) electrons. The minimum absolute atomic E-state index is 0.176. The molecule has 0 spiro atoms. The molecule has 5 nitrogen and oxygen atoms in total. The Morgan fingerprint density at radius 2 is 2.15 bits per heavy atom. The lowest BCUT2D eigenvalue weighted by atomic mass is 10.2. The quantitative estimate of drug-likeness (QED) is 0.632. The molecule has 0 aliphatic carbocycles. The number of aromatic nitrogens is 2. The molecule has 1 atom stereocenters. The molecule has 2 aromatic heterocycles. The number of ether oxygens (including phenoxy) is 1. The minimum Gasteiger partial charge on any atom is -0.376 e. The van der Waals surface area contributed by atoms with Gasteiger partial charge < -0.3 is 4.74 Å². The number of thiazole rings is 1. The number of hydrogen-bond acceptors (Lipinski definition) is 5. The van der Waals surface area contributed by atoms with E-state index in [1.54, 1.807) is 29.2 Å². The van der Waals surface area contributed by atoms with Crippen LogP contribution < -0.4 is 4.80 Å². The predicted octanol–water partition coefficient (Wildman–Crippen LogP) is 3.71. The van der Waals surface area contributed by atoms with Gasteiger partial charge in [0.2, 0.25) is 4.80 Å². The summed E-state index contributed by atoms with van der Waals surface area (Å²) >= 11 is 1.51. The highest BCUT2D eigenvalue weighted by Gasteiger charge is 2.15. The van der Waals surface area contributed by atoms with Crippen molar-refractivity contribution >= 4 is 17.6 Å². The Labute approximate surface area is 160 Å². The zero-order valence-electron chi connectivity index (χ0n) is 14.7. The van der Waals surface area contributed by atoms with Crippen molar-refractivity contribution < 1.29 is 9.13 Å². The maximum absolute atomic E-state index is 13.3. The van der Waals surface area contributed by atoms with Crippen LogP contribution >= 0.6 is 11.3 Å². The lowest BCUT2D eigenvalue weighted by molar-refractivity contribution is 0.117. The van der Waals surface area contributed by atoms with E-state index in [9.17, 15) is 4.39 Å². The van der Waals surface area contributed by atoms with Crippen LogP contribution in [0, 0.1) is 5.82 Å². The fourth-order valence-corrected chi connectivity index (χ4v) is 3.72. The van der Waals surface area contributed by atoms with Gasteiger partial charge in [-0.3, -0.25) is 9.98 Å². The SMILES string of the molecule is Fc1ccc(-c2csc(=NC[C@@H]3CCCO3)n2/N=C\c2ccccn2)cc1. The Bertz CT molecular complexity index is 973. The summed E-state index contributed by atoms with van der Waals surface area (Å²) in [6.45, 7) is 1.42. The van der Waals surface area contributed by atoms with Gasteiger partial charge in [-0.1, -0.05) is 6.07 Å². The lowest BCUT2D eigenvalue weighted by Crippen LogP contribution is -2.17. The molecule has 7 heteroatoms. The first-order valence-corrected chi connectivity index (χ1v) is 9.71. The summed E-state index contributed by atoms with van der Waals surface area (Å²) in [7, 11) is 0. The number of rotatable bonds is 5. The second-order valence-electron chi connectivity index (χ2n) is 6.20. The Kier molecular flexibility index (Phi) is 5.50. The van der Waals surface area contributed by atoms with Crippen molar-refractivity contribution in [2.75, 3.05) is 13.2 Å². The molecule has 1 saturated heterocycles. The van der Waals surface area contributed by atoms with Gasteiger partial charge in [-0.15, -0.1) is 11.3 Å². The molecule has 0 saturated carbocycles. The van der Waals surface area contributed by atoms with Gasteiger partial charge in [0.1, 0.15) is 5.82 Å². The molecule has 138 valence electrons. The average Bonchev–Trinajstić information content (AvgIpc) is 3.36. The molecule has 4 rings (SSSR count). The van der Waals surface area contributed by atoms with E-state index in [1.165, 1.54) is 23.5 Å². The number of hydrogen-bond donors (Lipinski definition) is 0. The molecule has 3 heterocycles. The third kappa shape index (κ3) is 4.37. The third-order valence-corrected chi connectivity index (χ3v) is 5.13. The number of halogens is 1. The summed E-state index contributed by atoms with van der Waals surface area (Å²) in [5, 5.41) is 6.58. The van der Waals surface area contributed by atoms with Crippen molar-refractivity contribution in [1.82, 2.24) is 9.66 Å². The van der Waals surface area contributed by atoms with E-state index < -0.39 is 0 Å². The fourth-order valence-electron chi connectivity index (χ4n) is 2.88. The van der Waals surface area contributed by atoms with Gasteiger partial charge in [0.15, 0.2) is 0 Å². The Morgan fingerprint density at radius 1 is 1.26 bits per heavy atom. The van der Waals surface area contributed by atoms with E-state index in [2.05, 4.69) is 10.1 Å². The lowest BCUT2D eigenvalue weighted by Gasteiger charge is -2.05. The van der Waals surface area contributed by atoms with E-state index in [0.717, 1.165) is 41.2 Å². The first kappa shape index (κ1) is 17.8. The summed E-state index contributed by atoms with van der Waals surface area (Å²) in [5.41, 5.74) is 2.49. The largest absolute Gasteiger partial charge is 0.376 e. The molecular formula is C20H19FN4OS. The Hall–Kier alpha value is -2.64. The average molecular weight is 382 g/mol. The van der Waals surface area contributed by atoms with Gasteiger partial charge in [-0.25, -0.2) is 9.07 Å². The highest BCUT2D eigenvalue weighted by Crippen LogP contribution is 2.20. The first-order chi connectivity index (χ1) is 13.3. The van der Waals surface area contributed by atoms with Gasteiger partial charge >= 0.3 is 0 Å². The van der Waals surface area contributed by atoms with E-state index in [0.29, 0.717) is 6.54 Å². The van der Waals surface area contributed by atoms with E-state index in [1.807, 2.05) is 23.6 Å². The van der Waals surface area contributed by atoms with E-state index >= 15 is 0 Å². The number of pyridine rings is 1. The van der Waals surface area contributed by atoms with Crippen molar-refractivity contribution in [2.24, 2.45) is 10.1 Å². The molecule has 3 aromatic rings. The smallest absolute Gasteiger partial charge is 0.206 e. The maximum Gasteiger partial charge on any atom is 0.206 e. The molecule has 27 heavy (non-hydrogen) atoms. The summed E-state index contributed by atoms with van der Waals surface area (Å²) in [4.78, 5) is 9.76. The van der Waals surface area contributed by atoms with Crippen LogP contribution in [0.2, 0.25) is 0 Å². The van der Waals surface area contributed by atoms with Gasteiger partial charge in [0, 0.05) is 23.7 Å². The van der Waals surface area contributed by atoms with Gasteiger partial charge in [-0.05, 0) is 49.2 Å². The van der Waals surface area contributed by atoms with Crippen LogP contribution in [-0.2, 0) is 4.74 Å². The molecule has 0 bridgehead atoms. The van der Waals surface area contributed by atoms with Crippen LogP contribution in [-0.4, -0.2) is 35.1 Å². The Balaban J connectivity index is 1.71. The third-order valence-electron chi connectivity index (χ3n) is 4.27. The second-order valence-corrected chi connectivity index (χ2v) is 7.03. The maximum atomic E-state index is 13.3. The Morgan fingerprint density at radius 3 is 2.89 bits per heavy atom. The highest BCUT2D eigenvalue weighted by molar-refractivity contribution is 7.07. The van der Waals surface area contributed by atoms with E-state index in [4.69, 9.17) is 9.73 Å². The summed E-state index contributed by atoms with van der Waals surface area (Å²) < 4.78 is 20.7. The molecule has 1 aliphatic rings. The van der Waals surface area contributed by atoms with Crippen molar-refractivity contribution in [3.8, 4) is 11.3 Å². The van der Waals surface area contributed by atoms with Crippen LogP contribution in [0.25, 0.3) is 11.3 Å². The number of nitrogens with zero attached hydrogens (tertiary/aromatic N) is 4. The van der Waals surface area contributed by atoms with Gasteiger partial charge in [0.05, 0.1) is 30.3 Å². The summed E-state index contributed by atoms with van der Waals surface area (Å²) in [6, 6.07) is 12.0. The van der Waals surface area contributed by atoms with Crippen molar-refractivity contribution in [2.45, 2.75) is 18.9 Å². The van der Waals surface area contributed by atoms with Gasteiger partial charge in [-0.2, -0.15) is 5.10 Å². The standard InChI is InChI=1S/C20H19FN4OS/c21-16-8-6-15(7-9-16)19-14-27-20(23-13-18-5-3-11-26-18)25(19)24-12-17-4-1-2-10-22-17/h1-2,4,6-10,12,14,18H,3,5,11,13H2/b23-20?,24-12-/t18-/m0/s1. The first-order valence-electron chi connectivity index (χ1n) is 8.83. The van der Waals surface area contributed by atoms with Crippen molar-refractivity contribution in [3.63, 3.8) is 0 Å². The fraction of sp³-hybridized carbons (Fsp3) is 0.250. The predicted molar refractivity (Wildman–Crippen MR) is 104 cm³/mol. The molecule has 0 unspecified atom stereocenters. The van der Waals surface area contributed by atoms with Crippen molar-refractivity contribution in [1.29, 1.82) is 0 Å². The van der Waals surface area contributed by atoms with Crippen LogP contribution in [0.1, 0.15) is 18.5 Å². The molecule has 1 aliphatic heterocycles. The monoisotopic (exact) mass is 382 g/mol. The number of benzene rings is 1. The topological polar surface area (TPSA) is 51.8 Å². The van der Waals surface area contributed by atoms with Crippen LogP contribution in [0.3, 0.4) is 0 Å². The second kappa shape index (κ2) is 8.37. The molecule has 0 amide bonds. The summed E-state index contributed by atoms with van der Waals surface area (Å²) in [6.07, 6.45) is 5.73. The molecular weight excluding hydrogens is 363 g/mol. The van der Waals surface area contributed by atoms with Crippen LogP contribution in [0.15, 0.2) is 64.1 Å². The summed E-state index contributed by atoms with van der Waals surface area (Å²) in [5.74, 6) is -0.263. The van der Waals surface area contributed by atoms with E-state index in [-0.39, 0.29) is 11.9 Å². The zero-order valence-corrected chi connectivity index (χ0v) is 15.5. The van der Waals surface area contributed by atoms with Crippen LogP contribution in [0.4, 0.5) is 4.39 Å². The van der Waals surface area contributed by atoms with Crippen LogP contribution in [0.5, 0.6) is 0 Å². The highest BCUT2D eigenvalue weighted by atomic mass is 32.1. The van der Waals surface area contributed by atoms with Crippen molar-refractivity contribution in [3.05, 3.63) is 70.4 Å². The normalized spacial score (nSPS) is 17.8. The molecule has 1 fully saturated rings. The minimum atomic E-state index is -0.263.